The molecule has 3 rings (SSSR count). The van der Waals surface area contributed by atoms with Gasteiger partial charge in [-0.3, -0.25) is 4.79 Å². The van der Waals surface area contributed by atoms with Crippen LogP contribution in [-0.4, -0.2) is 37.2 Å². The molecule has 7 nitrogen and oxygen atoms in total. The van der Waals surface area contributed by atoms with Crippen molar-refractivity contribution in [1.82, 2.24) is 9.47 Å². The van der Waals surface area contributed by atoms with Crippen molar-refractivity contribution >= 4 is 0 Å². The molecule has 30 heavy (non-hydrogen) atoms. The van der Waals surface area contributed by atoms with Crippen molar-refractivity contribution in [3.05, 3.63) is 69.0 Å². The molecule has 0 saturated carbocycles. The van der Waals surface area contributed by atoms with Gasteiger partial charge < -0.3 is 24.7 Å². The lowest BCUT2D eigenvalue weighted by atomic mass is 9.84. The van der Waals surface area contributed by atoms with E-state index >= 15 is 0 Å². The Morgan fingerprint density at radius 2 is 2.10 bits per heavy atom. The quantitative estimate of drug-likeness (QED) is 0.757. The Kier molecular flexibility index (Phi) is 6.48. The number of methoxy groups -OCH3 is 1. The molecule has 0 fully saturated rings. The second kappa shape index (κ2) is 9.06. The molecule has 0 radical (unpaired) electrons. The van der Waals surface area contributed by atoms with E-state index in [0.29, 0.717) is 23.6 Å². The summed E-state index contributed by atoms with van der Waals surface area (Å²) in [4.78, 5) is 15.7. The number of nitrogens with zero attached hydrogens (tertiary/aromatic N) is 3. The molecule has 0 aliphatic carbocycles. The number of nitrogens with two attached hydrogens (primary N) is 1. The lowest BCUT2D eigenvalue weighted by molar-refractivity contribution is 0.367. The Morgan fingerprint density at radius 3 is 2.73 bits per heavy atom. The predicted molar refractivity (Wildman–Crippen MR) is 116 cm³/mol. The van der Waals surface area contributed by atoms with Crippen LogP contribution in [0.25, 0.3) is 0 Å². The zero-order chi connectivity index (χ0) is 21.8. The third-order valence-electron chi connectivity index (χ3n) is 5.27. The van der Waals surface area contributed by atoms with Gasteiger partial charge in [0.1, 0.15) is 23.1 Å². The second-order valence-electron chi connectivity index (χ2n) is 7.63. The maximum absolute atomic E-state index is 13.7. The Bertz CT molecular complexity index is 1060. The number of nitriles is 1. The van der Waals surface area contributed by atoms with Crippen LogP contribution in [0.4, 0.5) is 0 Å². The van der Waals surface area contributed by atoms with Gasteiger partial charge in [0.25, 0.3) is 5.56 Å². The lowest BCUT2D eigenvalue weighted by Gasteiger charge is -2.28. The summed E-state index contributed by atoms with van der Waals surface area (Å²) < 4.78 is 12.9. The smallest absolute Gasteiger partial charge is 0.258 e. The van der Waals surface area contributed by atoms with Crippen molar-refractivity contribution in [2.24, 2.45) is 5.73 Å². The van der Waals surface area contributed by atoms with E-state index < -0.39 is 5.92 Å². The van der Waals surface area contributed by atoms with Crippen molar-refractivity contribution in [2.75, 3.05) is 27.7 Å². The van der Waals surface area contributed by atoms with E-state index in [4.69, 9.17) is 15.2 Å². The van der Waals surface area contributed by atoms with Crippen LogP contribution < -0.4 is 20.8 Å². The SMILES string of the molecule is CCCc1cc2c(c(=O)n1CCN(C)C)C(c1cccc(OC)c1)C(C#N)=C(N)O2. The van der Waals surface area contributed by atoms with Crippen LogP contribution in [0.3, 0.4) is 0 Å². The molecule has 2 aromatic rings. The van der Waals surface area contributed by atoms with E-state index in [9.17, 15) is 10.1 Å². The van der Waals surface area contributed by atoms with Crippen LogP contribution in [0, 0.1) is 11.3 Å². The number of aryl methyl sites for hydroxylation is 1. The fourth-order valence-electron chi connectivity index (χ4n) is 3.78. The van der Waals surface area contributed by atoms with Gasteiger partial charge in [-0.1, -0.05) is 25.5 Å². The summed E-state index contributed by atoms with van der Waals surface area (Å²) in [6.45, 7) is 3.35. The Hall–Kier alpha value is -3.24. The van der Waals surface area contributed by atoms with Crippen LogP contribution in [0.15, 0.2) is 46.6 Å². The summed E-state index contributed by atoms with van der Waals surface area (Å²) in [6.07, 6.45) is 1.64. The molecule has 1 unspecified atom stereocenters. The number of ether oxygens (including phenoxy) is 2. The van der Waals surface area contributed by atoms with Crippen molar-refractivity contribution in [1.29, 1.82) is 5.26 Å². The minimum Gasteiger partial charge on any atom is -0.497 e. The van der Waals surface area contributed by atoms with Crippen molar-refractivity contribution in [2.45, 2.75) is 32.2 Å². The van der Waals surface area contributed by atoms with Crippen molar-refractivity contribution < 1.29 is 9.47 Å². The molecule has 0 saturated heterocycles. The van der Waals surface area contributed by atoms with Crippen molar-refractivity contribution in [3.8, 4) is 17.6 Å². The molecular formula is C23H28N4O3. The average Bonchev–Trinajstić information content (AvgIpc) is 2.72. The number of pyridine rings is 1. The third-order valence-corrected chi connectivity index (χ3v) is 5.27. The molecule has 1 aliphatic heterocycles. The molecule has 1 aliphatic rings. The summed E-state index contributed by atoms with van der Waals surface area (Å²) in [5.41, 5.74) is 8.29. The van der Waals surface area contributed by atoms with Gasteiger partial charge in [0.15, 0.2) is 0 Å². The van der Waals surface area contributed by atoms with E-state index in [1.807, 2.05) is 49.3 Å². The average molecular weight is 409 g/mol. The molecule has 0 amide bonds. The van der Waals surface area contributed by atoms with E-state index in [2.05, 4.69) is 13.0 Å². The van der Waals surface area contributed by atoms with Crippen LogP contribution in [-0.2, 0) is 13.0 Å². The first-order chi connectivity index (χ1) is 14.4. The fourth-order valence-corrected chi connectivity index (χ4v) is 3.78. The van der Waals surface area contributed by atoms with Crippen LogP contribution in [0.1, 0.15) is 36.1 Å². The molecular weight excluding hydrogens is 380 g/mol. The first-order valence-corrected chi connectivity index (χ1v) is 10.0. The first kappa shape index (κ1) is 21.5. The Labute approximate surface area is 176 Å². The standard InChI is InChI=1S/C23H28N4O3/c1-5-7-16-13-19-21(23(28)27(16)11-10-26(2)3)20(18(14-24)22(25)30-19)15-8-6-9-17(12-15)29-4/h6,8-9,12-13,20H,5,7,10-11,25H2,1-4H3. The van der Waals surface area contributed by atoms with E-state index in [-0.39, 0.29) is 17.0 Å². The minimum absolute atomic E-state index is 0.0331. The predicted octanol–water partition coefficient (Wildman–Crippen LogP) is 2.59. The number of hydrogen-bond acceptors (Lipinski definition) is 6. The highest BCUT2D eigenvalue weighted by Gasteiger charge is 2.34. The van der Waals surface area contributed by atoms with E-state index in [1.54, 1.807) is 11.7 Å². The number of fused-ring (bicyclic) bond motifs is 1. The zero-order valence-electron chi connectivity index (χ0n) is 17.9. The molecule has 7 heteroatoms. The highest BCUT2D eigenvalue weighted by molar-refractivity contribution is 5.56. The molecule has 2 N–H and O–H groups in total. The van der Waals surface area contributed by atoms with Crippen molar-refractivity contribution in [3.63, 3.8) is 0 Å². The summed E-state index contributed by atoms with van der Waals surface area (Å²) in [6, 6.07) is 11.4. The van der Waals surface area contributed by atoms with Gasteiger partial charge in [-0.25, -0.2) is 0 Å². The van der Waals surface area contributed by atoms with Gasteiger partial charge in [-0.05, 0) is 38.2 Å². The maximum atomic E-state index is 13.7. The van der Waals surface area contributed by atoms with Gasteiger partial charge in [-0.15, -0.1) is 0 Å². The maximum Gasteiger partial charge on any atom is 0.258 e. The molecule has 158 valence electrons. The van der Waals surface area contributed by atoms with E-state index in [0.717, 1.165) is 30.6 Å². The lowest BCUT2D eigenvalue weighted by Crippen LogP contribution is -2.35. The number of likely N-dealkylation sites (N-methyl/N-ethyl adjacent to an activating group) is 1. The monoisotopic (exact) mass is 408 g/mol. The molecule has 0 bridgehead atoms. The largest absolute Gasteiger partial charge is 0.497 e. The van der Waals surface area contributed by atoms with Gasteiger partial charge in [0.2, 0.25) is 5.88 Å². The van der Waals surface area contributed by atoms with Crippen LogP contribution in [0.5, 0.6) is 11.5 Å². The van der Waals surface area contributed by atoms with E-state index in [1.165, 1.54) is 0 Å². The van der Waals surface area contributed by atoms with Gasteiger partial charge in [0.05, 0.1) is 18.6 Å². The number of aromatic nitrogens is 1. The number of allylic oxidation sites excluding steroid dienone is 1. The third kappa shape index (κ3) is 4.05. The molecule has 0 spiro atoms. The summed E-state index contributed by atoms with van der Waals surface area (Å²) in [7, 11) is 5.53. The highest BCUT2D eigenvalue weighted by atomic mass is 16.5. The van der Waals surface area contributed by atoms with Gasteiger partial charge in [0, 0.05) is 24.8 Å². The van der Waals surface area contributed by atoms with Crippen LogP contribution >= 0.6 is 0 Å². The topological polar surface area (TPSA) is 93.5 Å². The Morgan fingerprint density at radius 1 is 1.33 bits per heavy atom. The summed E-state index contributed by atoms with van der Waals surface area (Å²) >= 11 is 0. The fraction of sp³-hybridized carbons (Fsp3) is 0.391. The first-order valence-electron chi connectivity index (χ1n) is 10.0. The van der Waals surface area contributed by atoms with Gasteiger partial charge >= 0.3 is 0 Å². The normalized spacial score (nSPS) is 15.5. The Balaban J connectivity index is 2.26. The molecule has 1 aromatic heterocycles. The van der Waals surface area contributed by atoms with Gasteiger partial charge in [-0.2, -0.15) is 5.26 Å². The highest BCUT2D eigenvalue weighted by Crippen LogP contribution is 2.41. The molecule has 2 heterocycles. The second-order valence-corrected chi connectivity index (χ2v) is 7.63. The number of benzene rings is 1. The minimum atomic E-state index is -0.609. The number of hydrogen-bond donors (Lipinski definition) is 1. The van der Waals surface area contributed by atoms with Crippen LogP contribution in [0.2, 0.25) is 0 Å². The number of rotatable bonds is 7. The molecule has 1 aromatic carbocycles. The zero-order valence-corrected chi connectivity index (χ0v) is 17.9. The summed E-state index contributed by atoms with van der Waals surface area (Å²) in [5.74, 6) is 0.495. The molecule has 1 atom stereocenters. The summed E-state index contributed by atoms with van der Waals surface area (Å²) in [5, 5.41) is 9.81.